The van der Waals surface area contributed by atoms with Crippen LogP contribution in [0.4, 0.5) is 14.9 Å². The number of halogens is 2. The minimum atomic E-state index is -1.12. The number of methoxy groups -OCH3 is 1. The molecule has 1 aliphatic heterocycles. The van der Waals surface area contributed by atoms with Gasteiger partial charge in [0.25, 0.3) is 0 Å². The summed E-state index contributed by atoms with van der Waals surface area (Å²) in [6.07, 6.45) is -0.143. The van der Waals surface area contributed by atoms with Crippen molar-refractivity contribution >= 4 is 29.3 Å². The second-order valence-corrected chi connectivity index (χ2v) is 5.06. The fourth-order valence-electron chi connectivity index (χ4n) is 2.21. The van der Waals surface area contributed by atoms with Crippen molar-refractivity contribution < 1.29 is 23.8 Å². The van der Waals surface area contributed by atoms with Crippen LogP contribution < -0.4 is 5.32 Å². The van der Waals surface area contributed by atoms with E-state index < -0.39 is 23.9 Å². The van der Waals surface area contributed by atoms with Crippen molar-refractivity contribution in [2.24, 2.45) is 0 Å². The first-order chi connectivity index (χ1) is 9.92. The molecule has 1 aromatic rings. The van der Waals surface area contributed by atoms with Gasteiger partial charge in [-0.1, -0.05) is 11.6 Å². The van der Waals surface area contributed by atoms with Crippen molar-refractivity contribution in [2.45, 2.75) is 18.6 Å². The lowest BCUT2D eigenvalue weighted by Gasteiger charge is -2.22. The number of carbonyl (C=O) groups is 2. The molecule has 0 aromatic heterocycles. The summed E-state index contributed by atoms with van der Waals surface area (Å²) in [7, 11) is 1.45. The van der Waals surface area contributed by atoms with Crippen molar-refractivity contribution in [3.63, 3.8) is 0 Å². The Bertz CT molecular complexity index is 569. The highest BCUT2D eigenvalue weighted by Gasteiger charge is 2.40. The molecule has 1 fully saturated rings. The second kappa shape index (κ2) is 6.28. The number of nitrogens with zero attached hydrogens (tertiary/aromatic N) is 1. The third kappa shape index (κ3) is 3.43. The van der Waals surface area contributed by atoms with Gasteiger partial charge < -0.3 is 20.1 Å². The summed E-state index contributed by atoms with van der Waals surface area (Å²) in [5.41, 5.74) is 0.0895. The summed E-state index contributed by atoms with van der Waals surface area (Å²) in [5, 5.41) is 11.7. The molecule has 1 aromatic carbocycles. The monoisotopic (exact) mass is 316 g/mol. The van der Waals surface area contributed by atoms with Gasteiger partial charge in [-0.2, -0.15) is 0 Å². The highest BCUT2D eigenvalue weighted by molar-refractivity contribution is 6.33. The highest BCUT2D eigenvalue weighted by atomic mass is 35.5. The van der Waals surface area contributed by atoms with Gasteiger partial charge in [0.15, 0.2) is 0 Å². The average molecular weight is 317 g/mol. The van der Waals surface area contributed by atoms with Crippen LogP contribution in [0, 0.1) is 5.82 Å². The normalized spacial score (nSPS) is 21.4. The topological polar surface area (TPSA) is 78.9 Å². The Balaban J connectivity index is 2.15. The minimum absolute atomic E-state index is 0.0895. The predicted octanol–water partition coefficient (Wildman–Crippen LogP) is 2.18. The molecule has 0 bridgehead atoms. The molecule has 1 aliphatic rings. The number of carboxylic acids is 1. The molecular weight excluding hydrogens is 303 g/mol. The zero-order chi connectivity index (χ0) is 15.6. The summed E-state index contributed by atoms with van der Waals surface area (Å²) in [6, 6.07) is 1.90. The number of ether oxygens (including phenoxy) is 1. The lowest BCUT2D eigenvalue weighted by atomic mass is 10.2. The molecule has 1 saturated heterocycles. The van der Waals surface area contributed by atoms with Gasteiger partial charge in [-0.25, -0.2) is 14.0 Å². The van der Waals surface area contributed by atoms with E-state index in [4.69, 9.17) is 21.4 Å². The summed E-state index contributed by atoms with van der Waals surface area (Å²) in [4.78, 5) is 24.5. The third-order valence-corrected chi connectivity index (χ3v) is 3.64. The van der Waals surface area contributed by atoms with Crippen LogP contribution in [-0.4, -0.2) is 47.8 Å². The van der Waals surface area contributed by atoms with Gasteiger partial charge in [0, 0.05) is 20.1 Å². The van der Waals surface area contributed by atoms with E-state index in [2.05, 4.69) is 5.32 Å². The Kier molecular flexibility index (Phi) is 4.64. The minimum Gasteiger partial charge on any atom is -0.480 e. The van der Waals surface area contributed by atoms with Crippen molar-refractivity contribution in [2.75, 3.05) is 19.0 Å². The van der Waals surface area contributed by atoms with Crippen LogP contribution in [0.3, 0.4) is 0 Å². The number of urea groups is 1. The molecule has 1 heterocycles. The van der Waals surface area contributed by atoms with Crippen LogP contribution in [0.2, 0.25) is 5.02 Å². The second-order valence-electron chi connectivity index (χ2n) is 4.65. The van der Waals surface area contributed by atoms with Gasteiger partial charge in [0.2, 0.25) is 0 Å². The number of anilines is 1. The summed E-state index contributed by atoms with van der Waals surface area (Å²) >= 11 is 5.86. The van der Waals surface area contributed by atoms with Crippen LogP contribution in [0.5, 0.6) is 0 Å². The summed E-state index contributed by atoms with van der Waals surface area (Å²) in [5.74, 6) is -1.67. The zero-order valence-electron chi connectivity index (χ0n) is 11.2. The molecule has 0 saturated carbocycles. The van der Waals surface area contributed by atoms with Crippen LogP contribution in [-0.2, 0) is 9.53 Å². The predicted molar refractivity (Wildman–Crippen MR) is 74.0 cm³/mol. The maximum Gasteiger partial charge on any atom is 0.326 e. The molecule has 2 rings (SSSR count). The SMILES string of the molecule is COC1CC(C(=O)O)N(C(=O)Nc2cc(F)ccc2Cl)C1. The number of likely N-dealkylation sites (tertiary alicyclic amines) is 1. The molecule has 2 atom stereocenters. The first-order valence-corrected chi connectivity index (χ1v) is 6.58. The first kappa shape index (κ1) is 15.5. The number of hydrogen-bond donors (Lipinski definition) is 2. The van der Waals surface area contributed by atoms with E-state index in [1.165, 1.54) is 13.2 Å². The standard InChI is InChI=1S/C13H14ClFN2O4/c1-21-8-5-11(12(18)19)17(6-8)13(20)16-10-4-7(15)2-3-9(10)14/h2-4,8,11H,5-6H2,1H3,(H,16,20)(H,18,19). The molecule has 0 radical (unpaired) electrons. The number of rotatable bonds is 3. The first-order valence-electron chi connectivity index (χ1n) is 6.20. The van der Waals surface area contributed by atoms with Gasteiger partial charge in [-0.3, -0.25) is 0 Å². The van der Waals surface area contributed by atoms with E-state index in [1.807, 2.05) is 0 Å². The summed E-state index contributed by atoms with van der Waals surface area (Å²) in [6.45, 7) is 0.145. The molecule has 8 heteroatoms. The van der Waals surface area contributed by atoms with Gasteiger partial charge in [0.05, 0.1) is 16.8 Å². The maximum atomic E-state index is 13.2. The van der Waals surface area contributed by atoms with E-state index >= 15 is 0 Å². The Morgan fingerprint density at radius 3 is 2.86 bits per heavy atom. The maximum absolute atomic E-state index is 13.2. The molecule has 21 heavy (non-hydrogen) atoms. The third-order valence-electron chi connectivity index (χ3n) is 3.31. The largest absolute Gasteiger partial charge is 0.480 e. The molecule has 0 spiro atoms. The van der Waals surface area contributed by atoms with Crippen LogP contribution >= 0.6 is 11.6 Å². The van der Waals surface area contributed by atoms with Crippen LogP contribution in [0.15, 0.2) is 18.2 Å². The molecular formula is C13H14ClFN2O4. The molecule has 6 nitrogen and oxygen atoms in total. The quantitative estimate of drug-likeness (QED) is 0.896. The average Bonchev–Trinajstić information content (AvgIpc) is 2.87. The number of hydrogen-bond acceptors (Lipinski definition) is 3. The fraction of sp³-hybridized carbons (Fsp3) is 0.385. The molecule has 0 aliphatic carbocycles. The van der Waals surface area contributed by atoms with Gasteiger partial charge in [0.1, 0.15) is 11.9 Å². The fourth-order valence-corrected chi connectivity index (χ4v) is 2.37. The van der Waals surface area contributed by atoms with Crippen molar-refractivity contribution in [3.8, 4) is 0 Å². The molecule has 2 unspecified atom stereocenters. The summed E-state index contributed by atoms with van der Waals surface area (Å²) < 4.78 is 18.3. The smallest absolute Gasteiger partial charge is 0.326 e. The van der Waals surface area contributed by atoms with Crippen molar-refractivity contribution in [1.82, 2.24) is 4.90 Å². The number of aliphatic carboxylic acids is 1. The van der Waals surface area contributed by atoms with Crippen LogP contribution in [0.25, 0.3) is 0 Å². The number of benzene rings is 1. The molecule has 2 amide bonds. The van der Waals surface area contributed by atoms with Crippen molar-refractivity contribution in [1.29, 1.82) is 0 Å². The van der Waals surface area contributed by atoms with Gasteiger partial charge in [-0.05, 0) is 18.2 Å². The van der Waals surface area contributed by atoms with E-state index in [1.54, 1.807) is 0 Å². The van der Waals surface area contributed by atoms with Crippen LogP contribution in [0.1, 0.15) is 6.42 Å². The Hall–Kier alpha value is -1.86. The van der Waals surface area contributed by atoms with Gasteiger partial charge >= 0.3 is 12.0 Å². The zero-order valence-corrected chi connectivity index (χ0v) is 11.9. The lowest BCUT2D eigenvalue weighted by molar-refractivity contribution is -0.141. The molecule has 114 valence electrons. The van der Waals surface area contributed by atoms with Gasteiger partial charge in [-0.15, -0.1) is 0 Å². The highest BCUT2D eigenvalue weighted by Crippen LogP contribution is 2.25. The number of nitrogens with one attached hydrogen (secondary N) is 1. The van der Waals surface area contributed by atoms with E-state index in [0.29, 0.717) is 0 Å². The number of carboxylic acid groups (broad SMARTS) is 1. The lowest BCUT2D eigenvalue weighted by Crippen LogP contribution is -2.43. The Morgan fingerprint density at radius 1 is 1.52 bits per heavy atom. The Labute approximate surface area is 125 Å². The van der Waals surface area contributed by atoms with E-state index in [-0.39, 0.29) is 29.8 Å². The van der Waals surface area contributed by atoms with E-state index in [0.717, 1.165) is 17.0 Å². The number of carbonyl (C=O) groups excluding carboxylic acids is 1. The number of amides is 2. The van der Waals surface area contributed by atoms with Crippen molar-refractivity contribution in [3.05, 3.63) is 29.0 Å². The Morgan fingerprint density at radius 2 is 2.24 bits per heavy atom. The van der Waals surface area contributed by atoms with E-state index in [9.17, 15) is 14.0 Å². The molecule has 2 N–H and O–H groups in total.